The molecule has 5 heteroatoms. The van der Waals surface area contributed by atoms with Gasteiger partial charge in [-0.25, -0.2) is 0 Å². The number of benzene rings is 1. The first-order valence-corrected chi connectivity index (χ1v) is 9.03. The van der Waals surface area contributed by atoms with E-state index in [1.54, 1.807) is 0 Å². The summed E-state index contributed by atoms with van der Waals surface area (Å²) in [6.45, 7) is 3.63. The summed E-state index contributed by atoms with van der Waals surface area (Å²) < 4.78 is 13.3. The topological polar surface area (TPSA) is 43.7 Å². The molecule has 4 rings (SSSR count). The maximum absolute atomic E-state index is 12.9. The summed E-state index contributed by atoms with van der Waals surface area (Å²) in [5.74, 6) is 0.523. The first-order valence-electron chi connectivity index (χ1n) is 9.03. The van der Waals surface area contributed by atoms with Crippen molar-refractivity contribution in [3.05, 3.63) is 59.9 Å². The van der Waals surface area contributed by atoms with E-state index in [9.17, 15) is 4.79 Å². The fourth-order valence-corrected chi connectivity index (χ4v) is 3.71. The Bertz CT molecular complexity index is 699. The summed E-state index contributed by atoms with van der Waals surface area (Å²) in [6.07, 6.45) is 3.79. The molecular weight excluding hydrogens is 316 g/mol. The van der Waals surface area contributed by atoms with Crippen LogP contribution in [-0.2, 0) is 16.0 Å². The number of rotatable bonds is 4. The number of carbonyl (C=O) groups excluding carboxylic acids is 1. The van der Waals surface area contributed by atoms with Crippen LogP contribution in [0.15, 0.2) is 48.7 Å². The van der Waals surface area contributed by atoms with Crippen molar-refractivity contribution in [1.29, 1.82) is 0 Å². The molecule has 2 saturated heterocycles. The van der Waals surface area contributed by atoms with Gasteiger partial charge in [0.25, 0.3) is 5.91 Å². The molecule has 132 valence electrons. The van der Waals surface area contributed by atoms with Gasteiger partial charge in [-0.1, -0.05) is 30.3 Å². The predicted octanol–water partition coefficient (Wildman–Crippen LogP) is 2.76. The minimum atomic E-state index is -0.0702. The Hall–Kier alpha value is -2.11. The Labute approximate surface area is 148 Å². The number of hydrogen-bond donors (Lipinski definition) is 0. The zero-order valence-corrected chi connectivity index (χ0v) is 14.3. The van der Waals surface area contributed by atoms with Crippen LogP contribution in [0.25, 0.3) is 0 Å². The van der Waals surface area contributed by atoms with E-state index in [0.717, 1.165) is 38.2 Å². The monoisotopic (exact) mass is 340 g/mol. The van der Waals surface area contributed by atoms with E-state index in [2.05, 4.69) is 12.1 Å². The Morgan fingerprint density at radius 3 is 2.44 bits per heavy atom. The molecule has 2 aliphatic rings. The zero-order chi connectivity index (χ0) is 17.1. The molecule has 1 aromatic carbocycles. The van der Waals surface area contributed by atoms with E-state index < -0.39 is 0 Å². The molecule has 0 spiro atoms. The Morgan fingerprint density at radius 1 is 1.00 bits per heavy atom. The number of ether oxygens (including phenoxy) is 2. The molecule has 0 saturated carbocycles. The maximum Gasteiger partial charge on any atom is 0.270 e. The minimum absolute atomic E-state index is 0.0702. The highest BCUT2D eigenvalue weighted by Gasteiger charge is 2.32. The van der Waals surface area contributed by atoms with Crippen LogP contribution in [0.1, 0.15) is 28.9 Å². The number of piperidine rings is 1. The Morgan fingerprint density at radius 2 is 1.72 bits per heavy atom. The lowest BCUT2D eigenvalue weighted by atomic mass is 9.96. The lowest BCUT2D eigenvalue weighted by molar-refractivity contribution is -0.0956. The summed E-state index contributed by atoms with van der Waals surface area (Å²) >= 11 is 0. The van der Waals surface area contributed by atoms with Gasteiger partial charge >= 0.3 is 0 Å². The summed E-state index contributed by atoms with van der Waals surface area (Å²) in [4.78, 5) is 14.9. The standard InChI is InChI=1S/C20H24N2O3/c23-19(21-11-8-17(9-12-21)20-24-13-14-25-20)18-7-4-10-22(18)15-16-5-2-1-3-6-16/h1-7,10,17,20H,8-9,11-15H2. The average Bonchev–Trinajstić information content (AvgIpc) is 3.34. The van der Waals surface area contributed by atoms with E-state index in [1.807, 2.05) is 46.0 Å². The van der Waals surface area contributed by atoms with Gasteiger partial charge in [0, 0.05) is 31.7 Å². The number of amides is 1. The number of carbonyl (C=O) groups is 1. The molecule has 0 atom stereocenters. The van der Waals surface area contributed by atoms with E-state index in [-0.39, 0.29) is 12.2 Å². The van der Waals surface area contributed by atoms with Crippen LogP contribution in [0.4, 0.5) is 0 Å². The SMILES string of the molecule is O=C(c1cccn1Cc1ccccc1)N1CCC(C2OCCO2)CC1. The summed E-state index contributed by atoms with van der Waals surface area (Å²) in [5.41, 5.74) is 1.96. The van der Waals surface area contributed by atoms with Crippen LogP contribution in [-0.4, -0.2) is 48.0 Å². The highest BCUT2D eigenvalue weighted by Crippen LogP contribution is 2.26. The van der Waals surface area contributed by atoms with Gasteiger partial charge < -0.3 is 18.9 Å². The van der Waals surface area contributed by atoms with Gasteiger partial charge in [-0.3, -0.25) is 4.79 Å². The van der Waals surface area contributed by atoms with Crippen LogP contribution in [0.5, 0.6) is 0 Å². The van der Waals surface area contributed by atoms with Crippen LogP contribution in [0.2, 0.25) is 0 Å². The molecule has 1 aromatic heterocycles. The second kappa shape index (κ2) is 7.42. The van der Waals surface area contributed by atoms with Crippen molar-refractivity contribution in [1.82, 2.24) is 9.47 Å². The van der Waals surface area contributed by atoms with E-state index in [4.69, 9.17) is 9.47 Å². The van der Waals surface area contributed by atoms with E-state index in [1.165, 1.54) is 5.56 Å². The normalized spacial score (nSPS) is 19.4. The Kier molecular flexibility index (Phi) is 4.85. The fourth-order valence-electron chi connectivity index (χ4n) is 3.71. The number of aromatic nitrogens is 1. The van der Waals surface area contributed by atoms with Crippen molar-refractivity contribution < 1.29 is 14.3 Å². The fraction of sp³-hybridized carbons (Fsp3) is 0.450. The molecular formula is C20H24N2O3. The smallest absolute Gasteiger partial charge is 0.270 e. The number of nitrogens with zero attached hydrogens (tertiary/aromatic N) is 2. The van der Waals surface area contributed by atoms with Gasteiger partial charge in [-0.15, -0.1) is 0 Å². The molecule has 1 amide bonds. The molecule has 0 unspecified atom stereocenters. The van der Waals surface area contributed by atoms with Crippen molar-refractivity contribution >= 4 is 5.91 Å². The highest BCUT2D eigenvalue weighted by molar-refractivity contribution is 5.92. The van der Waals surface area contributed by atoms with E-state index >= 15 is 0 Å². The van der Waals surface area contributed by atoms with Crippen molar-refractivity contribution in [2.45, 2.75) is 25.7 Å². The van der Waals surface area contributed by atoms with Crippen LogP contribution in [0, 0.1) is 5.92 Å². The maximum atomic E-state index is 12.9. The van der Waals surface area contributed by atoms with Gasteiger partial charge in [-0.2, -0.15) is 0 Å². The van der Waals surface area contributed by atoms with E-state index in [0.29, 0.717) is 19.1 Å². The van der Waals surface area contributed by atoms with Gasteiger partial charge in [0.05, 0.1) is 13.2 Å². The lowest BCUT2D eigenvalue weighted by Gasteiger charge is -2.34. The molecule has 0 bridgehead atoms. The minimum Gasteiger partial charge on any atom is -0.350 e. The first-order chi connectivity index (χ1) is 12.3. The van der Waals surface area contributed by atoms with Crippen molar-refractivity contribution in [2.24, 2.45) is 5.92 Å². The van der Waals surface area contributed by atoms with Crippen LogP contribution >= 0.6 is 0 Å². The van der Waals surface area contributed by atoms with Crippen LogP contribution in [0.3, 0.4) is 0 Å². The largest absolute Gasteiger partial charge is 0.350 e. The Balaban J connectivity index is 1.39. The molecule has 2 fully saturated rings. The molecule has 3 heterocycles. The van der Waals surface area contributed by atoms with Gasteiger partial charge in [0.15, 0.2) is 6.29 Å². The zero-order valence-electron chi connectivity index (χ0n) is 14.3. The molecule has 0 N–H and O–H groups in total. The molecule has 0 aliphatic carbocycles. The van der Waals surface area contributed by atoms with Crippen molar-refractivity contribution in [3.8, 4) is 0 Å². The van der Waals surface area contributed by atoms with Crippen molar-refractivity contribution in [3.63, 3.8) is 0 Å². The molecule has 25 heavy (non-hydrogen) atoms. The molecule has 2 aliphatic heterocycles. The summed E-state index contributed by atoms with van der Waals surface area (Å²) in [6, 6.07) is 14.1. The highest BCUT2D eigenvalue weighted by atomic mass is 16.7. The second-order valence-electron chi connectivity index (χ2n) is 6.75. The van der Waals surface area contributed by atoms with Gasteiger partial charge in [-0.05, 0) is 30.5 Å². The van der Waals surface area contributed by atoms with Crippen molar-refractivity contribution in [2.75, 3.05) is 26.3 Å². The molecule has 5 nitrogen and oxygen atoms in total. The summed E-state index contributed by atoms with van der Waals surface area (Å²) in [7, 11) is 0. The first kappa shape index (κ1) is 16.4. The third-order valence-corrected chi connectivity index (χ3v) is 5.10. The number of likely N-dealkylation sites (tertiary alicyclic amines) is 1. The quantitative estimate of drug-likeness (QED) is 0.860. The molecule has 2 aromatic rings. The summed E-state index contributed by atoms with van der Waals surface area (Å²) in [5, 5.41) is 0. The van der Waals surface area contributed by atoms with Gasteiger partial charge in [0.2, 0.25) is 0 Å². The third kappa shape index (κ3) is 3.62. The molecule has 0 radical (unpaired) electrons. The van der Waals surface area contributed by atoms with Gasteiger partial charge in [0.1, 0.15) is 5.69 Å². The predicted molar refractivity (Wildman–Crippen MR) is 94.3 cm³/mol. The average molecular weight is 340 g/mol. The number of hydrogen-bond acceptors (Lipinski definition) is 3. The second-order valence-corrected chi connectivity index (χ2v) is 6.75. The third-order valence-electron chi connectivity index (χ3n) is 5.10. The lowest BCUT2D eigenvalue weighted by Crippen LogP contribution is -2.42. The van der Waals surface area contributed by atoms with Crippen LogP contribution < -0.4 is 0 Å².